The molecular formula is C32H30ClNO5. The number of hydrogen-bond donors (Lipinski definition) is 2. The van der Waals surface area contributed by atoms with Gasteiger partial charge in [-0.05, 0) is 67.1 Å². The third-order valence-electron chi connectivity index (χ3n) is 7.22. The smallest absolute Gasteiger partial charge is 0.337 e. The van der Waals surface area contributed by atoms with E-state index in [2.05, 4.69) is 5.32 Å². The number of Topliss-reactive ketones (excluding diaryl/α,β-unsaturated/α-hetero) is 1. The zero-order valence-corrected chi connectivity index (χ0v) is 22.6. The van der Waals surface area contributed by atoms with E-state index < -0.39 is 11.9 Å². The molecule has 0 amide bonds. The predicted octanol–water partition coefficient (Wildman–Crippen LogP) is 6.55. The third kappa shape index (κ3) is 5.57. The average molecular weight is 544 g/mol. The summed E-state index contributed by atoms with van der Waals surface area (Å²) >= 11 is 6.09. The number of allylic oxidation sites excluding steroid dienone is 3. The molecule has 2 N–H and O–H groups in total. The average Bonchev–Trinajstić information content (AvgIpc) is 2.93. The number of ether oxygens (including phenoxy) is 2. The van der Waals surface area contributed by atoms with Crippen LogP contribution in [0.3, 0.4) is 0 Å². The number of hydrogen-bond acceptors (Lipinski definition) is 6. The monoisotopic (exact) mass is 543 g/mol. The number of phenols is 1. The summed E-state index contributed by atoms with van der Waals surface area (Å²) < 4.78 is 11.4. The Balaban J connectivity index is 1.54. The minimum atomic E-state index is -0.664. The highest BCUT2D eigenvalue weighted by Gasteiger charge is 2.41. The number of rotatable bonds is 7. The van der Waals surface area contributed by atoms with Gasteiger partial charge in [-0.25, -0.2) is 4.79 Å². The summed E-state index contributed by atoms with van der Waals surface area (Å²) in [6, 6.07) is 22.0. The summed E-state index contributed by atoms with van der Waals surface area (Å²) in [5.41, 5.74) is 4.92. The van der Waals surface area contributed by atoms with E-state index in [0.29, 0.717) is 52.6 Å². The Morgan fingerprint density at radius 3 is 2.46 bits per heavy atom. The largest absolute Gasteiger partial charge is 0.504 e. The van der Waals surface area contributed by atoms with E-state index in [1.165, 1.54) is 6.07 Å². The van der Waals surface area contributed by atoms with Crippen LogP contribution in [0.2, 0.25) is 5.02 Å². The maximum Gasteiger partial charge on any atom is 0.337 e. The fraction of sp³-hybridized carbons (Fsp3) is 0.250. The number of phenolic OH excluding ortho intramolecular Hbond substituents is 1. The first kappa shape index (κ1) is 26.6. The highest BCUT2D eigenvalue weighted by Crippen LogP contribution is 2.47. The molecule has 0 saturated heterocycles. The molecule has 39 heavy (non-hydrogen) atoms. The van der Waals surface area contributed by atoms with Crippen molar-refractivity contribution in [2.24, 2.45) is 0 Å². The fourth-order valence-electron chi connectivity index (χ4n) is 5.40. The minimum absolute atomic E-state index is 0.00424. The van der Waals surface area contributed by atoms with Crippen LogP contribution in [0.4, 0.5) is 0 Å². The quantitative estimate of drug-likeness (QED) is 0.329. The van der Waals surface area contributed by atoms with E-state index in [9.17, 15) is 14.7 Å². The zero-order valence-electron chi connectivity index (χ0n) is 21.9. The van der Waals surface area contributed by atoms with Gasteiger partial charge in [-0.3, -0.25) is 4.79 Å². The van der Waals surface area contributed by atoms with Crippen LogP contribution in [0.5, 0.6) is 11.5 Å². The predicted molar refractivity (Wildman–Crippen MR) is 150 cm³/mol. The number of nitrogens with one attached hydrogen (secondary N) is 1. The van der Waals surface area contributed by atoms with Gasteiger partial charge in [0.05, 0.1) is 12.2 Å². The number of carbonyl (C=O) groups is 2. The van der Waals surface area contributed by atoms with E-state index in [0.717, 1.165) is 16.8 Å². The maximum absolute atomic E-state index is 13.8. The minimum Gasteiger partial charge on any atom is -0.504 e. The van der Waals surface area contributed by atoms with Gasteiger partial charge < -0.3 is 19.9 Å². The molecule has 0 spiro atoms. The fourth-order valence-corrected chi connectivity index (χ4v) is 5.52. The van der Waals surface area contributed by atoms with Gasteiger partial charge in [0.25, 0.3) is 0 Å². The number of carbonyl (C=O) groups excluding carboxylic acids is 2. The van der Waals surface area contributed by atoms with Gasteiger partial charge >= 0.3 is 5.97 Å². The summed E-state index contributed by atoms with van der Waals surface area (Å²) in [6.45, 7) is 4.13. The van der Waals surface area contributed by atoms with Crippen molar-refractivity contribution in [2.45, 2.75) is 45.1 Å². The van der Waals surface area contributed by atoms with Crippen molar-refractivity contribution in [1.29, 1.82) is 0 Å². The number of esters is 1. The molecule has 2 aliphatic rings. The van der Waals surface area contributed by atoms with Crippen LogP contribution in [0.25, 0.3) is 0 Å². The van der Waals surface area contributed by atoms with Gasteiger partial charge in [0.15, 0.2) is 17.3 Å². The maximum atomic E-state index is 13.8. The lowest BCUT2D eigenvalue weighted by Crippen LogP contribution is -2.36. The number of benzene rings is 3. The zero-order chi connectivity index (χ0) is 27.5. The van der Waals surface area contributed by atoms with Crippen LogP contribution in [0.1, 0.15) is 55.2 Å². The number of halogens is 1. The van der Waals surface area contributed by atoms with Gasteiger partial charge in [0, 0.05) is 34.3 Å². The first-order chi connectivity index (χ1) is 18.9. The van der Waals surface area contributed by atoms with E-state index in [4.69, 9.17) is 21.1 Å². The van der Waals surface area contributed by atoms with Gasteiger partial charge in [-0.2, -0.15) is 0 Å². The normalized spacial score (nSPS) is 18.9. The lowest BCUT2D eigenvalue weighted by Gasteiger charge is -2.36. The van der Waals surface area contributed by atoms with Crippen molar-refractivity contribution in [1.82, 2.24) is 5.32 Å². The third-order valence-corrected chi connectivity index (χ3v) is 7.47. The molecule has 0 fully saturated rings. The van der Waals surface area contributed by atoms with Crippen LogP contribution < -0.4 is 10.1 Å². The van der Waals surface area contributed by atoms with Crippen molar-refractivity contribution < 1.29 is 24.2 Å². The Hall–Kier alpha value is -4.03. The van der Waals surface area contributed by atoms with Crippen LogP contribution >= 0.6 is 11.6 Å². The Morgan fingerprint density at radius 2 is 1.74 bits per heavy atom. The highest BCUT2D eigenvalue weighted by molar-refractivity contribution is 6.30. The van der Waals surface area contributed by atoms with E-state index in [-0.39, 0.29) is 24.1 Å². The van der Waals surface area contributed by atoms with Crippen molar-refractivity contribution in [3.8, 4) is 11.5 Å². The molecule has 7 heteroatoms. The standard InChI is InChI=1S/C32H30ClNO5/c1-3-38-28-17-22(11-14-26(28)35)30-29(32(37)39-18-20-7-5-4-6-8-20)19(2)34-25-15-23(16-27(36)31(25)30)21-9-12-24(33)13-10-21/h4-14,17,23,30,34-35H,3,15-16,18H2,1-2H3. The summed E-state index contributed by atoms with van der Waals surface area (Å²) in [7, 11) is 0. The lowest BCUT2D eigenvalue weighted by atomic mass is 9.71. The van der Waals surface area contributed by atoms with Gasteiger partial charge in [-0.1, -0.05) is 60.1 Å². The molecule has 1 aliphatic heterocycles. The van der Waals surface area contributed by atoms with Crippen molar-refractivity contribution in [3.05, 3.63) is 117 Å². The molecule has 0 bridgehead atoms. The summed E-state index contributed by atoms with van der Waals surface area (Å²) in [5, 5.41) is 14.4. The number of ketones is 1. The Kier molecular flexibility index (Phi) is 7.75. The molecule has 6 nitrogen and oxygen atoms in total. The van der Waals surface area contributed by atoms with E-state index in [1.54, 1.807) is 12.1 Å². The Bertz CT molecular complexity index is 1460. The molecule has 1 aliphatic carbocycles. The SMILES string of the molecule is CCOc1cc(C2C(C(=O)OCc3ccccc3)=C(C)NC3=C2C(=O)CC(c2ccc(Cl)cc2)C3)ccc1O. The van der Waals surface area contributed by atoms with Gasteiger partial charge in [0.1, 0.15) is 6.61 Å². The summed E-state index contributed by atoms with van der Waals surface area (Å²) in [5.74, 6) is -0.925. The highest BCUT2D eigenvalue weighted by atomic mass is 35.5. The van der Waals surface area contributed by atoms with Crippen LogP contribution in [0, 0.1) is 0 Å². The van der Waals surface area contributed by atoms with Crippen LogP contribution in [0.15, 0.2) is 95.3 Å². The van der Waals surface area contributed by atoms with E-state index >= 15 is 0 Å². The molecular weight excluding hydrogens is 514 g/mol. The molecule has 1 heterocycles. The summed E-state index contributed by atoms with van der Waals surface area (Å²) in [4.78, 5) is 27.4. The molecule has 0 radical (unpaired) electrons. The Morgan fingerprint density at radius 1 is 1.03 bits per heavy atom. The number of aromatic hydroxyl groups is 1. The van der Waals surface area contributed by atoms with Crippen molar-refractivity contribution in [3.63, 3.8) is 0 Å². The molecule has 0 aromatic heterocycles. The molecule has 3 aromatic rings. The molecule has 3 aromatic carbocycles. The molecule has 0 saturated carbocycles. The van der Waals surface area contributed by atoms with Crippen LogP contribution in [-0.2, 0) is 20.9 Å². The molecule has 2 atom stereocenters. The molecule has 5 rings (SSSR count). The van der Waals surface area contributed by atoms with Crippen molar-refractivity contribution >= 4 is 23.4 Å². The van der Waals surface area contributed by atoms with Crippen LogP contribution in [-0.4, -0.2) is 23.5 Å². The lowest BCUT2D eigenvalue weighted by molar-refractivity contribution is -0.140. The topological polar surface area (TPSA) is 84.9 Å². The second-order valence-corrected chi connectivity index (χ2v) is 10.2. The first-order valence-corrected chi connectivity index (χ1v) is 13.4. The molecule has 200 valence electrons. The molecule has 2 unspecified atom stereocenters. The number of dihydropyridines is 1. The first-order valence-electron chi connectivity index (χ1n) is 13.0. The Labute approximate surface area is 232 Å². The summed E-state index contributed by atoms with van der Waals surface area (Å²) in [6.07, 6.45) is 0.916. The van der Waals surface area contributed by atoms with E-state index in [1.807, 2.05) is 68.4 Å². The van der Waals surface area contributed by atoms with Gasteiger partial charge in [-0.15, -0.1) is 0 Å². The second-order valence-electron chi connectivity index (χ2n) is 9.79. The second kappa shape index (κ2) is 11.4. The van der Waals surface area contributed by atoms with Gasteiger partial charge in [0.2, 0.25) is 0 Å². The van der Waals surface area contributed by atoms with Crippen molar-refractivity contribution in [2.75, 3.05) is 6.61 Å².